The van der Waals surface area contributed by atoms with E-state index in [2.05, 4.69) is 5.32 Å². The first kappa shape index (κ1) is 20.8. The van der Waals surface area contributed by atoms with Gasteiger partial charge in [-0.1, -0.05) is 6.07 Å². The number of nitrogens with zero attached hydrogens (tertiary/aromatic N) is 2. The monoisotopic (exact) mass is 383 g/mol. The van der Waals surface area contributed by atoms with Gasteiger partial charge >= 0.3 is 0 Å². The van der Waals surface area contributed by atoms with Gasteiger partial charge in [-0.3, -0.25) is 4.79 Å². The van der Waals surface area contributed by atoms with E-state index in [0.717, 1.165) is 22.5 Å². The Balaban J connectivity index is 0.00000288. The highest BCUT2D eigenvalue weighted by molar-refractivity contribution is 7.89. The summed E-state index contributed by atoms with van der Waals surface area (Å²) >= 11 is 0. The number of piperazine rings is 1. The molecular formula is C14H20ClF2N3O3S. The number of nitrogens with one attached hydrogen (secondary N) is 1. The summed E-state index contributed by atoms with van der Waals surface area (Å²) in [6.45, 7) is 0.982. The first-order chi connectivity index (χ1) is 10.9. The molecule has 10 heteroatoms. The first-order valence-corrected chi connectivity index (χ1v) is 8.68. The zero-order valence-electron chi connectivity index (χ0n) is 13.2. The van der Waals surface area contributed by atoms with E-state index in [1.807, 2.05) is 0 Å². The van der Waals surface area contributed by atoms with Crippen LogP contribution in [0.3, 0.4) is 0 Å². The van der Waals surface area contributed by atoms with Gasteiger partial charge in [0.1, 0.15) is 11.6 Å². The average molecular weight is 384 g/mol. The number of hydrogen-bond acceptors (Lipinski definition) is 4. The third-order valence-corrected chi connectivity index (χ3v) is 5.65. The summed E-state index contributed by atoms with van der Waals surface area (Å²) in [5, 5.41) is 2.87. The Bertz CT molecular complexity index is 660. The second-order valence-corrected chi connectivity index (χ2v) is 7.06. The van der Waals surface area contributed by atoms with Crippen LogP contribution in [0.2, 0.25) is 0 Å². The van der Waals surface area contributed by atoms with E-state index in [1.165, 1.54) is 0 Å². The average Bonchev–Trinajstić information content (AvgIpc) is 2.52. The van der Waals surface area contributed by atoms with Crippen molar-refractivity contribution in [2.75, 3.05) is 39.8 Å². The van der Waals surface area contributed by atoms with E-state index in [-0.39, 0.29) is 44.5 Å². The number of amides is 1. The molecule has 136 valence electrons. The molecule has 0 atom stereocenters. The number of halogens is 3. The molecule has 0 radical (unpaired) electrons. The van der Waals surface area contributed by atoms with Crippen molar-refractivity contribution in [2.45, 2.75) is 11.3 Å². The van der Waals surface area contributed by atoms with Crippen molar-refractivity contribution in [2.24, 2.45) is 0 Å². The summed E-state index contributed by atoms with van der Waals surface area (Å²) < 4.78 is 53.3. The van der Waals surface area contributed by atoms with Crippen LogP contribution < -0.4 is 5.32 Å². The quantitative estimate of drug-likeness (QED) is 0.817. The minimum Gasteiger partial charge on any atom is -0.340 e. The molecule has 1 amide bonds. The van der Waals surface area contributed by atoms with Crippen LogP contribution in [-0.4, -0.2) is 63.3 Å². The molecule has 0 aromatic heterocycles. The number of carbonyl (C=O) groups excluding carboxylic acids is 1. The molecule has 24 heavy (non-hydrogen) atoms. The fourth-order valence-corrected chi connectivity index (χ4v) is 3.96. The van der Waals surface area contributed by atoms with Gasteiger partial charge in [0.25, 0.3) is 0 Å². The third-order valence-electron chi connectivity index (χ3n) is 3.70. The minimum absolute atomic E-state index is 0. The number of carbonyl (C=O) groups is 1. The van der Waals surface area contributed by atoms with Crippen molar-refractivity contribution in [3.05, 3.63) is 29.8 Å². The van der Waals surface area contributed by atoms with E-state index in [9.17, 15) is 22.0 Å². The third kappa shape index (κ3) is 4.41. The number of rotatable bonds is 5. The fourth-order valence-electron chi connectivity index (χ4n) is 2.43. The summed E-state index contributed by atoms with van der Waals surface area (Å²) in [6.07, 6.45) is 0.325. The lowest BCUT2D eigenvalue weighted by Gasteiger charge is -2.34. The van der Waals surface area contributed by atoms with Crippen molar-refractivity contribution < 1.29 is 22.0 Å². The maximum absolute atomic E-state index is 13.7. The topological polar surface area (TPSA) is 69.7 Å². The zero-order chi connectivity index (χ0) is 17.0. The lowest BCUT2D eigenvalue weighted by molar-refractivity contribution is -0.132. The van der Waals surface area contributed by atoms with E-state index in [0.29, 0.717) is 13.0 Å². The minimum atomic E-state index is -4.26. The SMILES string of the molecule is CNCCC(=O)N1CCN(S(=O)(=O)c2c(F)cccc2F)CC1.Cl. The molecule has 1 aliphatic heterocycles. The molecule has 0 saturated carbocycles. The Labute approximate surface area is 146 Å². The molecular weight excluding hydrogens is 364 g/mol. The Morgan fingerprint density at radius 2 is 1.71 bits per heavy atom. The van der Waals surface area contributed by atoms with Gasteiger partial charge in [0, 0.05) is 39.1 Å². The molecule has 0 unspecified atom stereocenters. The maximum Gasteiger partial charge on any atom is 0.249 e. The maximum atomic E-state index is 13.7. The Hall–Kier alpha value is -1.29. The van der Waals surface area contributed by atoms with Crippen molar-refractivity contribution in [1.29, 1.82) is 0 Å². The molecule has 1 heterocycles. The summed E-state index contributed by atoms with van der Waals surface area (Å²) in [5.74, 6) is -2.30. The first-order valence-electron chi connectivity index (χ1n) is 7.24. The predicted octanol–water partition coefficient (Wildman–Crippen LogP) is 0.829. The smallest absolute Gasteiger partial charge is 0.249 e. The van der Waals surface area contributed by atoms with Crippen molar-refractivity contribution in [1.82, 2.24) is 14.5 Å². The molecule has 0 bridgehead atoms. The standard InChI is InChI=1S/C14H19F2N3O3S.ClH/c1-17-6-5-13(20)18-7-9-19(10-8-18)23(21,22)14-11(15)3-2-4-12(14)16;/h2-4,17H,5-10H2,1H3;1H. The lowest BCUT2D eigenvalue weighted by atomic mass is 10.3. The van der Waals surface area contributed by atoms with Crippen LogP contribution in [0.4, 0.5) is 8.78 Å². The molecule has 1 aromatic carbocycles. The summed E-state index contributed by atoms with van der Waals surface area (Å²) in [6, 6.07) is 2.93. The second kappa shape index (κ2) is 8.70. The summed E-state index contributed by atoms with van der Waals surface area (Å²) in [7, 11) is -2.52. The van der Waals surface area contributed by atoms with Crippen molar-refractivity contribution in [3.8, 4) is 0 Å². The number of sulfonamides is 1. The number of benzene rings is 1. The molecule has 1 N–H and O–H groups in total. The summed E-state index contributed by atoms with van der Waals surface area (Å²) in [5.41, 5.74) is 0. The summed E-state index contributed by atoms with van der Waals surface area (Å²) in [4.78, 5) is 12.5. The molecule has 0 spiro atoms. The van der Waals surface area contributed by atoms with Crippen LogP contribution in [0, 0.1) is 11.6 Å². The van der Waals surface area contributed by atoms with Crippen LogP contribution in [0.1, 0.15) is 6.42 Å². The predicted molar refractivity (Wildman–Crippen MR) is 87.5 cm³/mol. The highest BCUT2D eigenvalue weighted by atomic mass is 35.5. The van der Waals surface area contributed by atoms with Crippen LogP contribution in [0.15, 0.2) is 23.1 Å². The van der Waals surface area contributed by atoms with Gasteiger partial charge in [0.15, 0.2) is 4.90 Å². The molecule has 0 aliphatic carbocycles. The number of hydrogen-bond donors (Lipinski definition) is 1. The van der Waals surface area contributed by atoms with Crippen LogP contribution in [0.25, 0.3) is 0 Å². The Morgan fingerprint density at radius 1 is 1.17 bits per heavy atom. The van der Waals surface area contributed by atoms with E-state index in [1.54, 1.807) is 11.9 Å². The normalized spacial score (nSPS) is 15.9. The lowest BCUT2D eigenvalue weighted by Crippen LogP contribution is -2.51. The molecule has 1 fully saturated rings. The largest absolute Gasteiger partial charge is 0.340 e. The van der Waals surface area contributed by atoms with Crippen LogP contribution in [-0.2, 0) is 14.8 Å². The van der Waals surface area contributed by atoms with Crippen molar-refractivity contribution in [3.63, 3.8) is 0 Å². The van der Waals surface area contributed by atoms with Gasteiger partial charge in [0.2, 0.25) is 15.9 Å². The van der Waals surface area contributed by atoms with E-state index >= 15 is 0 Å². The highest BCUT2D eigenvalue weighted by Gasteiger charge is 2.33. The second-order valence-electron chi connectivity index (χ2n) is 5.19. The van der Waals surface area contributed by atoms with E-state index in [4.69, 9.17) is 0 Å². The van der Waals surface area contributed by atoms with E-state index < -0.39 is 26.6 Å². The Kier molecular flexibility index (Phi) is 7.53. The van der Waals surface area contributed by atoms with Crippen LogP contribution in [0.5, 0.6) is 0 Å². The molecule has 6 nitrogen and oxygen atoms in total. The van der Waals surface area contributed by atoms with Gasteiger partial charge < -0.3 is 10.2 Å². The van der Waals surface area contributed by atoms with Crippen molar-refractivity contribution >= 4 is 28.3 Å². The van der Waals surface area contributed by atoms with Gasteiger partial charge in [-0.05, 0) is 19.2 Å². The molecule has 1 saturated heterocycles. The molecule has 1 aliphatic rings. The van der Waals surface area contributed by atoms with Gasteiger partial charge in [-0.15, -0.1) is 12.4 Å². The Morgan fingerprint density at radius 3 is 2.21 bits per heavy atom. The van der Waals surface area contributed by atoms with Crippen LogP contribution >= 0.6 is 12.4 Å². The molecule has 1 aromatic rings. The molecule has 2 rings (SSSR count). The fraction of sp³-hybridized carbons (Fsp3) is 0.500. The zero-order valence-corrected chi connectivity index (χ0v) is 14.8. The van der Waals surface area contributed by atoms with Gasteiger partial charge in [-0.2, -0.15) is 4.31 Å². The van der Waals surface area contributed by atoms with Gasteiger partial charge in [-0.25, -0.2) is 17.2 Å². The van der Waals surface area contributed by atoms with Gasteiger partial charge in [0.05, 0.1) is 0 Å². The highest BCUT2D eigenvalue weighted by Crippen LogP contribution is 2.23.